The topological polar surface area (TPSA) is 58.8 Å². The predicted octanol–water partition coefficient (Wildman–Crippen LogP) is 3.31. The Morgan fingerprint density at radius 1 is 1.30 bits per heavy atom. The molecule has 2 saturated heterocycles. The fraction of sp³-hybridized carbons (Fsp3) is 0.524. The monoisotopic (exact) mass is 369 g/mol. The Morgan fingerprint density at radius 2 is 2.04 bits per heavy atom. The first kappa shape index (κ1) is 18.0. The molecule has 0 N–H and O–H groups in total. The molecule has 27 heavy (non-hydrogen) atoms. The van der Waals surface area contributed by atoms with Crippen LogP contribution in [-0.4, -0.2) is 54.7 Å². The summed E-state index contributed by atoms with van der Waals surface area (Å²) in [4.78, 5) is 20.8. The van der Waals surface area contributed by atoms with Gasteiger partial charge in [0.1, 0.15) is 6.26 Å². The standard InChI is InChI=1S/C21H27N3O3/c1-3-26-19(25)18-15-27-20(22-18)24-11-9-21(10-12-24)13-17(14-23(21)2)16-7-5-4-6-8-16/h4-8,15,17H,3,9-14H2,1-2H3/t17-/m1/s1. The Morgan fingerprint density at radius 3 is 2.74 bits per heavy atom. The molecule has 0 aliphatic carbocycles. The molecule has 4 rings (SSSR count). The average molecular weight is 369 g/mol. The highest BCUT2D eigenvalue weighted by Gasteiger charge is 2.46. The first-order valence-corrected chi connectivity index (χ1v) is 9.75. The number of ether oxygens (including phenoxy) is 1. The quantitative estimate of drug-likeness (QED) is 0.771. The van der Waals surface area contributed by atoms with Crippen molar-refractivity contribution >= 4 is 12.0 Å². The van der Waals surface area contributed by atoms with E-state index in [0.717, 1.165) is 32.5 Å². The molecule has 6 nitrogen and oxygen atoms in total. The minimum Gasteiger partial charge on any atom is -0.461 e. The molecule has 0 bridgehead atoms. The third kappa shape index (κ3) is 3.46. The van der Waals surface area contributed by atoms with Crippen LogP contribution in [-0.2, 0) is 4.74 Å². The number of carbonyl (C=O) groups is 1. The van der Waals surface area contributed by atoms with Gasteiger partial charge in [0.15, 0.2) is 5.69 Å². The molecule has 0 amide bonds. The number of rotatable bonds is 4. The molecule has 1 aromatic heterocycles. The molecule has 2 fully saturated rings. The van der Waals surface area contributed by atoms with Crippen LogP contribution < -0.4 is 4.90 Å². The number of hydrogen-bond acceptors (Lipinski definition) is 6. The van der Waals surface area contributed by atoms with Gasteiger partial charge in [-0.1, -0.05) is 30.3 Å². The summed E-state index contributed by atoms with van der Waals surface area (Å²) in [6, 6.07) is 11.4. The Hall–Kier alpha value is -2.34. The van der Waals surface area contributed by atoms with E-state index in [1.807, 2.05) is 0 Å². The van der Waals surface area contributed by atoms with Gasteiger partial charge in [0, 0.05) is 25.2 Å². The summed E-state index contributed by atoms with van der Waals surface area (Å²) in [6.07, 6.45) is 4.74. The molecule has 2 aromatic rings. The molecular weight excluding hydrogens is 342 g/mol. The molecule has 1 aromatic carbocycles. The number of likely N-dealkylation sites (tertiary alicyclic amines) is 1. The highest BCUT2D eigenvalue weighted by Crippen LogP contribution is 2.44. The average Bonchev–Trinajstić information content (AvgIpc) is 3.30. The maximum absolute atomic E-state index is 11.8. The second kappa shape index (κ2) is 7.35. The number of esters is 1. The summed E-state index contributed by atoms with van der Waals surface area (Å²) in [5.41, 5.74) is 1.93. The Bertz CT molecular complexity index is 781. The number of piperidine rings is 1. The largest absolute Gasteiger partial charge is 0.461 e. The minimum atomic E-state index is -0.429. The smallest absolute Gasteiger partial charge is 0.360 e. The summed E-state index contributed by atoms with van der Waals surface area (Å²) in [7, 11) is 2.25. The van der Waals surface area contributed by atoms with Crippen LogP contribution in [0.25, 0.3) is 0 Å². The van der Waals surface area contributed by atoms with Crippen molar-refractivity contribution in [3.05, 3.63) is 47.9 Å². The van der Waals surface area contributed by atoms with Crippen LogP contribution in [0.5, 0.6) is 0 Å². The Kier molecular flexibility index (Phi) is 4.91. The van der Waals surface area contributed by atoms with E-state index in [2.05, 4.69) is 52.2 Å². The van der Waals surface area contributed by atoms with Crippen molar-refractivity contribution in [3.8, 4) is 0 Å². The SMILES string of the molecule is CCOC(=O)c1coc(N2CCC3(CC2)C[C@@H](c2ccccc2)CN3C)n1. The second-order valence-electron chi connectivity index (χ2n) is 7.64. The zero-order chi connectivity index (χ0) is 18.9. The highest BCUT2D eigenvalue weighted by molar-refractivity contribution is 5.87. The van der Waals surface area contributed by atoms with Gasteiger partial charge in [-0.15, -0.1) is 0 Å². The van der Waals surface area contributed by atoms with Gasteiger partial charge in [-0.3, -0.25) is 4.90 Å². The number of benzene rings is 1. The zero-order valence-electron chi connectivity index (χ0n) is 16.1. The molecule has 1 atom stereocenters. The van der Waals surface area contributed by atoms with Crippen molar-refractivity contribution in [2.75, 3.05) is 38.2 Å². The van der Waals surface area contributed by atoms with E-state index in [1.165, 1.54) is 18.2 Å². The number of aromatic nitrogens is 1. The third-order valence-corrected chi connectivity index (χ3v) is 6.14. The number of hydrogen-bond donors (Lipinski definition) is 0. The lowest BCUT2D eigenvalue weighted by molar-refractivity contribution is 0.0519. The summed E-state index contributed by atoms with van der Waals surface area (Å²) in [6.45, 7) is 4.99. The normalized spacial score (nSPS) is 22.3. The molecule has 2 aliphatic rings. The summed E-state index contributed by atoms with van der Waals surface area (Å²) < 4.78 is 10.5. The Labute approximate surface area is 160 Å². The van der Waals surface area contributed by atoms with E-state index in [0.29, 0.717) is 18.5 Å². The van der Waals surface area contributed by atoms with E-state index in [1.54, 1.807) is 6.92 Å². The van der Waals surface area contributed by atoms with Gasteiger partial charge in [0.2, 0.25) is 0 Å². The Balaban J connectivity index is 1.41. The van der Waals surface area contributed by atoms with Gasteiger partial charge in [-0.25, -0.2) is 4.79 Å². The van der Waals surface area contributed by atoms with Crippen molar-refractivity contribution in [1.29, 1.82) is 0 Å². The second-order valence-corrected chi connectivity index (χ2v) is 7.64. The lowest BCUT2D eigenvalue weighted by Gasteiger charge is -2.43. The van der Waals surface area contributed by atoms with E-state index >= 15 is 0 Å². The van der Waals surface area contributed by atoms with Gasteiger partial charge in [-0.2, -0.15) is 4.98 Å². The molecule has 2 aliphatic heterocycles. The van der Waals surface area contributed by atoms with Crippen LogP contribution in [0, 0.1) is 0 Å². The maximum Gasteiger partial charge on any atom is 0.360 e. The highest BCUT2D eigenvalue weighted by atomic mass is 16.5. The number of oxazole rings is 1. The first-order valence-electron chi connectivity index (χ1n) is 9.75. The summed E-state index contributed by atoms with van der Waals surface area (Å²) in [5, 5.41) is 0. The van der Waals surface area contributed by atoms with Crippen LogP contribution in [0.15, 0.2) is 41.0 Å². The van der Waals surface area contributed by atoms with Gasteiger partial charge in [0.05, 0.1) is 6.61 Å². The third-order valence-electron chi connectivity index (χ3n) is 6.14. The van der Waals surface area contributed by atoms with Gasteiger partial charge >= 0.3 is 5.97 Å². The van der Waals surface area contributed by atoms with Crippen LogP contribution in [0.2, 0.25) is 0 Å². The van der Waals surface area contributed by atoms with Crippen molar-refractivity contribution < 1.29 is 13.9 Å². The van der Waals surface area contributed by atoms with Crippen molar-refractivity contribution in [2.45, 2.75) is 37.6 Å². The van der Waals surface area contributed by atoms with E-state index in [4.69, 9.17) is 9.15 Å². The molecule has 1 spiro atoms. The van der Waals surface area contributed by atoms with E-state index < -0.39 is 5.97 Å². The van der Waals surface area contributed by atoms with Crippen molar-refractivity contribution in [3.63, 3.8) is 0 Å². The minimum absolute atomic E-state index is 0.244. The van der Waals surface area contributed by atoms with E-state index in [-0.39, 0.29) is 11.2 Å². The van der Waals surface area contributed by atoms with Crippen LogP contribution in [0.3, 0.4) is 0 Å². The molecular formula is C21H27N3O3. The van der Waals surface area contributed by atoms with Gasteiger partial charge in [-0.05, 0) is 44.7 Å². The molecule has 144 valence electrons. The van der Waals surface area contributed by atoms with Gasteiger partial charge in [0.25, 0.3) is 6.01 Å². The molecule has 6 heteroatoms. The predicted molar refractivity (Wildman–Crippen MR) is 103 cm³/mol. The van der Waals surface area contributed by atoms with Crippen LogP contribution in [0.4, 0.5) is 6.01 Å². The van der Waals surface area contributed by atoms with Gasteiger partial charge < -0.3 is 14.1 Å². The van der Waals surface area contributed by atoms with Crippen molar-refractivity contribution in [2.24, 2.45) is 0 Å². The molecule has 3 heterocycles. The number of carbonyl (C=O) groups excluding carboxylic acids is 1. The fourth-order valence-electron chi connectivity index (χ4n) is 4.56. The number of nitrogens with zero attached hydrogens (tertiary/aromatic N) is 3. The fourth-order valence-corrected chi connectivity index (χ4v) is 4.56. The lowest BCUT2D eigenvalue weighted by atomic mass is 9.81. The number of likely N-dealkylation sites (N-methyl/N-ethyl adjacent to an activating group) is 1. The summed E-state index contributed by atoms with van der Waals surface area (Å²) in [5.74, 6) is 0.169. The first-order chi connectivity index (χ1) is 13.1. The maximum atomic E-state index is 11.8. The lowest BCUT2D eigenvalue weighted by Crippen LogP contribution is -2.50. The molecule has 0 unspecified atom stereocenters. The van der Waals surface area contributed by atoms with Crippen LogP contribution >= 0.6 is 0 Å². The van der Waals surface area contributed by atoms with E-state index in [9.17, 15) is 4.79 Å². The van der Waals surface area contributed by atoms with Crippen molar-refractivity contribution in [1.82, 2.24) is 9.88 Å². The van der Waals surface area contributed by atoms with Crippen LogP contribution in [0.1, 0.15) is 48.2 Å². The number of anilines is 1. The zero-order valence-corrected chi connectivity index (χ0v) is 16.1. The summed E-state index contributed by atoms with van der Waals surface area (Å²) >= 11 is 0. The molecule has 0 saturated carbocycles. The molecule has 0 radical (unpaired) electrons.